The highest BCUT2D eigenvalue weighted by atomic mass is 35.5. The lowest BCUT2D eigenvalue weighted by atomic mass is 10.5. The Morgan fingerprint density at radius 3 is 2.46 bits per heavy atom. The molecule has 0 saturated carbocycles. The van der Waals surface area contributed by atoms with Crippen molar-refractivity contribution in [2.45, 2.75) is 11.8 Å². The molecule has 1 aromatic heterocycles. The van der Waals surface area contributed by atoms with Crippen molar-refractivity contribution in [3.05, 3.63) is 18.0 Å². The second-order valence-electron chi connectivity index (χ2n) is 2.38. The van der Waals surface area contributed by atoms with Crippen molar-refractivity contribution < 1.29 is 12.6 Å². The molecule has 7 heteroatoms. The standard InChI is InChI=1S/C6H7ClN2O3S/c1-4-5(13(10,11)12-3)6(7)9(2)8-4/h3H,1-2H3. The van der Waals surface area contributed by atoms with Crippen LogP contribution in [0.1, 0.15) is 5.69 Å². The monoisotopic (exact) mass is 222 g/mol. The molecule has 0 fully saturated rings. The summed E-state index contributed by atoms with van der Waals surface area (Å²) < 4.78 is 27.4. The van der Waals surface area contributed by atoms with E-state index in [0.717, 1.165) is 0 Å². The van der Waals surface area contributed by atoms with E-state index in [-0.39, 0.29) is 15.7 Å². The Bertz CT molecular complexity index is 423. The van der Waals surface area contributed by atoms with Gasteiger partial charge in [-0.05, 0) is 6.92 Å². The minimum Gasteiger partial charge on any atom is -0.257 e. The summed E-state index contributed by atoms with van der Waals surface area (Å²) in [5, 5.41) is 3.77. The first-order valence-corrected chi connectivity index (χ1v) is 5.01. The molecular formula is C6H7ClN2O3S. The van der Waals surface area contributed by atoms with Crippen LogP contribution in [0.5, 0.6) is 0 Å². The van der Waals surface area contributed by atoms with Gasteiger partial charge in [0.05, 0.1) is 5.69 Å². The Morgan fingerprint density at radius 1 is 1.62 bits per heavy atom. The Kier molecular flexibility index (Phi) is 2.65. The molecule has 1 aromatic rings. The van der Waals surface area contributed by atoms with Crippen molar-refractivity contribution in [1.29, 1.82) is 0 Å². The first-order valence-electron chi connectivity index (χ1n) is 3.22. The zero-order chi connectivity index (χ0) is 10.2. The second-order valence-corrected chi connectivity index (χ2v) is 4.25. The molecule has 0 spiro atoms. The molecule has 0 aliphatic carbocycles. The summed E-state index contributed by atoms with van der Waals surface area (Å²) in [5.74, 6) is 0. The van der Waals surface area contributed by atoms with Gasteiger partial charge in [-0.3, -0.25) is 8.86 Å². The number of hydrogen-bond acceptors (Lipinski definition) is 4. The molecule has 0 N–H and O–H groups in total. The highest BCUT2D eigenvalue weighted by molar-refractivity contribution is 7.87. The number of aryl methyl sites for hydroxylation is 2. The molecule has 13 heavy (non-hydrogen) atoms. The third-order valence-electron chi connectivity index (χ3n) is 1.48. The zero-order valence-electron chi connectivity index (χ0n) is 6.98. The predicted molar refractivity (Wildman–Crippen MR) is 45.5 cm³/mol. The molecule has 0 aliphatic rings. The minimum atomic E-state index is -3.98. The summed E-state index contributed by atoms with van der Waals surface area (Å²) in [4.78, 5) is -0.195. The molecule has 0 saturated heterocycles. The highest BCUT2D eigenvalue weighted by Gasteiger charge is 2.24. The molecule has 0 bridgehead atoms. The second kappa shape index (κ2) is 3.28. The maximum absolute atomic E-state index is 11.2. The van der Waals surface area contributed by atoms with Gasteiger partial charge in [0.25, 0.3) is 0 Å². The van der Waals surface area contributed by atoms with Crippen LogP contribution in [0.4, 0.5) is 0 Å². The van der Waals surface area contributed by atoms with Gasteiger partial charge in [0.2, 0.25) is 0 Å². The predicted octanol–water partition coefficient (Wildman–Crippen LogP) is 0.756. The van der Waals surface area contributed by atoms with E-state index in [2.05, 4.69) is 16.4 Å². The number of aromatic nitrogens is 2. The van der Waals surface area contributed by atoms with Crippen molar-refractivity contribution in [2.75, 3.05) is 0 Å². The van der Waals surface area contributed by atoms with Gasteiger partial charge in [-0.15, -0.1) is 0 Å². The van der Waals surface area contributed by atoms with Crippen molar-refractivity contribution in [2.24, 2.45) is 7.05 Å². The molecule has 0 aliphatic heterocycles. The van der Waals surface area contributed by atoms with Crippen molar-refractivity contribution in [3.8, 4) is 0 Å². The average molecular weight is 223 g/mol. The van der Waals surface area contributed by atoms with Crippen LogP contribution in [0.15, 0.2) is 4.90 Å². The summed E-state index contributed by atoms with van der Waals surface area (Å²) in [6.07, 6.45) is 0. The Hall–Kier alpha value is -0.590. The van der Waals surface area contributed by atoms with Crippen molar-refractivity contribution in [1.82, 2.24) is 9.78 Å². The van der Waals surface area contributed by atoms with Crippen molar-refractivity contribution in [3.63, 3.8) is 0 Å². The van der Waals surface area contributed by atoms with Gasteiger partial charge >= 0.3 is 10.1 Å². The summed E-state index contributed by atoms with van der Waals surface area (Å²) >= 11 is 5.66. The number of rotatable bonds is 2. The summed E-state index contributed by atoms with van der Waals surface area (Å²) in [6.45, 7) is 1.50. The number of nitrogens with zero attached hydrogens (tertiary/aromatic N) is 2. The van der Waals surface area contributed by atoms with E-state index < -0.39 is 10.1 Å². The van der Waals surface area contributed by atoms with Gasteiger partial charge in [-0.2, -0.15) is 13.5 Å². The third kappa shape index (κ3) is 1.70. The van der Waals surface area contributed by atoms with Gasteiger partial charge in [-0.1, -0.05) is 11.6 Å². The average Bonchev–Trinajstić information content (AvgIpc) is 2.27. The topological polar surface area (TPSA) is 61.2 Å². The fourth-order valence-electron chi connectivity index (χ4n) is 0.943. The molecule has 5 nitrogen and oxygen atoms in total. The molecule has 0 unspecified atom stereocenters. The van der Waals surface area contributed by atoms with E-state index in [0.29, 0.717) is 0 Å². The lowest BCUT2D eigenvalue weighted by Gasteiger charge is -1.98. The van der Waals surface area contributed by atoms with Gasteiger partial charge in [0, 0.05) is 7.05 Å². The van der Waals surface area contributed by atoms with Crippen LogP contribution < -0.4 is 0 Å². The van der Waals surface area contributed by atoms with E-state index in [4.69, 9.17) is 11.6 Å². The summed E-state index contributed by atoms with van der Waals surface area (Å²) in [7, 11) is 2.14. The van der Waals surface area contributed by atoms with Crippen LogP contribution in [0.25, 0.3) is 0 Å². The fourth-order valence-corrected chi connectivity index (χ4v) is 2.24. The Labute approximate surface area is 81.4 Å². The van der Waals surface area contributed by atoms with E-state index in [9.17, 15) is 8.42 Å². The first-order chi connectivity index (χ1) is 5.90. The molecule has 2 radical (unpaired) electrons. The summed E-state index contributed by atoms with van der Waals surface area (Å²) in [6, 6.07) is 0. The SMILES string of the molecule is [CH]OS(=O)(=O)c1c(C)nn(C)c1Cl. The van der Waals surface area contributed by atoms with Crippen molar-refractivity contribution >= 4 is 21.7 Å². The van der Waals surface area contributed by atoms with Crippen LogP contribution >= 0.6 is 11.6 Å². The smallest absolute Gasteiger partial charge is 0.257 e. The lowest BCUT2D eigenvalue weighted by Crippen LogP contribution is -2.03. The lowest BCUT2D eigenvalue weighted by molar-refractivity contribution is 0.437. The minimum absolute atomic E-state index is 0.0250. The molecular weight excluding hydrogens is 216 g/mol. The third-order valence-corrected chi connectivity index (χ3v) is 3.26. The van der Waals surface area contributed by atoms with Gasteiger partial charge in [-0.25, -0.2) is 0 Å². The van der Waals surface area contributed by atoms with Crippen LogP contribution in [-0.2, 0) is 21.3 Å². The Morgan fingerprint density at radius 2 is 2.15 bits per heavy atom. The molecule has 0 atom stereocenters. The van der Waals surface area contributed by atoms with E-state index in [1.54, 1.807) is 0 Å². The van der Waals surface area contributed by atoms with Crippen LogP contribution in [-0.4, -0.2) is 18.2 Å². The Balaban J connectivity index is 3.47. The maximum Gasteiger partial charge on any atom is 0.302 e. The van der Waals surface area contributed by atoms with E-state index in [1.807, 2.05) is 0 Å². The first kappa shape index (κ1) is 10.5. The molecule has 1 heterocycles. The largest absolute Gasteiger partial charge is 0.302 e. The zero-order valence-corrected chi connectivity index (χ0v) is 8.56. The molecule has 0 aromatic carbocycles. The van der Waals surface area contributed by atoms with Crippen LogP contribution in [0.2, 0.25) is 5.15 Å². The van der Waals surface area contributed by atoms with E-state index in [1.165, 1.54) is 18.7 Å². The van der Waals surface area contributed by atoms with Crippen LogP contribution in [0.3, 0.4) is 0 Å². The van der Waals surface area contributed by atoms with E-state index >= 15 is 0 Å². The summed E-state index contributed by atoms with van der Waals surface area (Å²) in [5.41, 5.74) is 0.248. The fraction of sp³-hybridized carbons (Fsp3) is 0.333. The molecule has 72 valence electrons. The normalized spacial score (nSPS) is 12.0. The van der Waals surface area contributed by atoms with Crippen LogP contribution in [0, 0.1) is 14.0 Å². The molecule has 1 rings (SSSR count). The quantitative estimate of drug-likeness (QED) is 0.693. The molecule has 0 amide bonds. The van der Waals surface area contributed by atoms with Gasteiger partial charge in [0.15, 0.2) is 4.90 Å². The number of hydrogen-bond donors (Lipinski definition) is 0. The number of halogens is 1. The van der Waals surface area contributed by atoms with Gasteiger partial charge in [0.1, 0.15) is 12.3 Å². The maximum atomic E-state index is 11.2. The van der Waals surface area contributed by atoms with Gasteiger partial charge < -0.3 is 0 Å². The highest BCUT2D eigenvalue weighted by Crippen LogP contribution is 2.25.